The lowest BCUT2D eigenvalue weighted by Crippen LogP contribution is -2.67. The predicted octanol–water partition coefficient (Wildman–Crippen LogP) is 1.86. The average Bonchev–Trinajstić information content (AvgIpc) is 2.71. The fraction of sp³-hybridized carbons (Fsp3) is 0.750. The van der Waals surface area contributed by atoms with Gasteiger partial charge in [0, 0.05) is 19.3 Å². The SMILES string of the molecule is C=C1C(=O)OC12CC(OC(=O)C(C)C)C(C)(O)C(=O)CCC(C)C(OC(=O)CC(C)C)C2O. The molecule has 0 amide bonds. The second kappa shape index (κ2) is 9.93. The predicted molar refractivity (Wildman–Crippen MR) is 117 cm³/mol. The van der Waals surface area contributed by atoms with Gasteiger partial charge in [0.1, 0.15) is 18.3 Å². The fourth-order valence-electron chi connectivity index (χ4n) is 4.09. The van der Waals surface area contributed by atoms with E-state index in [1.807, 2.05) is 13.8 Å². The Bertz CT molecular complexity index is 813. The number of hydrogen-bond acceptors (Lipinski definition) is 9. The number of aliphatic hydroxyl groups excluding tert-OH is 1. The average molecular weight is 469 g/mol. The minimum Gasteiger partial charge on any atom is -0.459 e. The molecular formula is C24H36O9. The van der Waals surface area contributed by atoms with Crippen molar-refractivity contribution >= 4 is 23.7 Å². The first kappa shape index (κ1) is 27.0. The summed E-state index contributed by atoms with van der Waals surface area (Å²) in [6.07, 6.45) is -4.31. The third-order valence-corrected chi connectivity index (χ3v) is 6.46. The van der Waals surface area contributed by atoms with Crippen LogP contribution in [0.15, 0.2) is 12.2 Å². The highest BCUT2D eigenvalue weighted by Crippen LogP contribution is 2.46. The minimum absolute atomic E-state index is 0.0199. The van der Waals surface area contributed by atoms with Crippen molar-refractivity contribution in [3.63, 3.8) is 0 Å². The van der Waals surface area contributed by atoms with Crippen LogP contribution in [-0.2, 0) is 33.4 Å². The molecule has 1 saturated heterocycles. The summed E-state index contributed by atoms with van der Waals surface area (Å²) in [5, 5.41) is 22.5. The molecule has 33 heavy (non-hydrogen) atoms. The molecule has 2 rings (SSSR count). The number of rotatable bonds is 5. The lowest BCUT2D eigenvalue weighted by Gasteiger charge is -2.50. The third kappa shape index (κ3) is 5.46. The summed E-state index contributed by atoms with van der Waals surface area (Å²) in [4.78, 5) is 49.8. The second-order valence-electron chi connectivity index (χ2n) is 10.1. The van der Waals surface area contributed by atoms with E-state index < -0.39 is 71.5 Å². The molecule has 1 aliphatic carbocycles. The fourth-order valence-corrected chi connectivity index (χ4v) is 4.09. The molecule has 6 atom stereocenters. The van der Waals surface area contributed by atoms with Gasteiger partial charge in [-0.1, -0.05) is 41.2 Å². The smallest absolute Gasteiger partial charge is 0.338 e. The van der Waals surface area contributed by atoms with E-state index in [0.717, 1.165) is 0 Å². The van der Waals surface area contributed by atoms with Gasteiger partial charge in [-0.2, -0.15) is 0 Å². The molecule has 0 aromatic carbocycles. The monoisotopic (exact) mass is 468 g/mol. The Hall–Kier alpha value is -2.26. The second-order valence-corrected chi connectivity index (χ2v) is 10.1. The number of carbonyl (C=O) groups excluding carboxylic acids is 4. The summed E-state index contributed by atoms with van der Waals surface area (Å²) in [6, 6.07) is 0. The zero-order valence-corrected chi connectivity index (χ0v) is 20.3. The van der Waals surface area contributed by atoms with Gasteiger partial charge in [-0.25, -0.2) is 4.79 Å². The van der Waals surface area contributed by atoms with Gasteiger partial charge in [0.2, 0.25) is 0 Å². The molecule has 0 radical (unpaired) electrons. The van der Waals surface area contributed by atoms with E-state index in [1.54, 1.807) is 20.8 Å². The van der Waals surface area contributed by atoms with Crippen molar-refractivity contribution in [2.75, 3.05) is 0 Å². The van der Waals surface area contributed by atoms with Crippen LogP contribution >= 0.6 is 0 Å². The zero-order valence-electron chi connectivity index (χ0n) is 20.3. The number of ketones is 1. The summed E-state index contributed by atoms with van der Waals surface area (Å²) in [5.74, 6) is -3.59. The van der Waals surface area contributed by atoms with Crippen LogP contribution in [0.25, 0.3) is 0 Å². The van der Waals surface area contributed by atoms with Gasteiger partial charge in [0.15, 0.2) is 17.0 Å². The van der Waals surface area contributed by atoms with Crippen molar-refractivity contribution in [2.45, 2.75) is 96.7 Å². The van der Waals surface area contributed by atoms with Crippen LogP contribution in [0.5, 0.6) is 0 Å². The van der Waals surface area contributed by atoms with Crippen LogP contribution in [-0.4, -0.2) is 63.4 Å². The maximum atomic E-state index is 12.9. The normalized spacial score (nSPS) is 35.3. The number of ether oxygens (including phenoxy) is 3. The van der Waals surface area contributed by atoms with E-state index in [-0.39, 0.29) is 30.8 Å². The van der Waals surface area contributed by atoms with Crippen LogP contribution in [0.2, 0.25) is 0 Å². The number of esters is 3. The van der Waals surface area contributed by atoms with Crippen LogP contribution in [0.1, 0.15) is 67.2 Å². The Kier molecular flexibility index (Phi) is 8.12. The standard InChI is InChI=1S/C24H36O9/c1-12(2)10-18(26)32-19-14(5)8-9-16(25)23(7,30)17(31-21(28)13(3)4)11-24(20(19)27)15(6)22(29)33-24/h12-14,17,19-20,27,30H,6,8-11H2,1-5,7H3. The summed E-state index contributed by atoms with van der Waals surface area (Å²) in [5.41, 5.74) is -4.00. The number of Topliss-reactive ketones (excluding diaryl/α,β-unsaturated/α-hetero) is 1. The summed E-state index contributed by atoms with van der Waals surface area (Å²) in [6.45, 7) is 13.5. The first-order valence-electron chi connectivity index (χ1n) is 11.4. The van der Waals surface area contributed by atoms with Crippen molar-refractivity contribution in [3.05, 3.63) is 12.2 Å². The Balaban J connectivity index is 2.51. The van der Waals surface area contributed by atoms with E-state index in [2.05, 4.69) is 6.58 Å². The van der Waals surface area contributed by atoms with E-state index in [9.17, 15) is 29.4 Å². The van der Waals surface area contributed by atoms with E-state index in [0.29, 0.717) is 0 Å². The largest absolute Gasteiger partial charge is 0.459 e. The summed E-state index contributed by atoms with van der Waals surface area (Å²) < 4.78 is 16.5. The van der Waals surface area contributed by atoms with Gasteiger partial charge in [0.05, 0.1) is 11.5 Å². The molecule has 1 saturated carbocycles. The van der Waals surface area contributed by atoms with Crippen LogP contribution in [0, 0.1) is 17.8 Å². The number of carbonyl (C=O) groups is 4. The molecule has 1 spiro atoms. The highest BCUT2D eigenvalue weighted by Gasteiger charge is 2.63. The Morgan fingerprint density at radius 1 is 1.21 bits per heavy atom. The Labute approximate surface area is 194 Å². The van der Waals surface area contributed by atoms with E-state index >= 15 is 0 Å². The molecule has 6 unspecified atom stereocenters. The number of aliphatic hydroxyl groups is 2. The Morgan fingerprint density at radius 3 is 2.30 bits per heavy atom. The van der Waals surface area contributed by atoms with Gasteiger partial charge < -0.3 is 24.4 Å². The van der Waals surface area contributed by atoms with Gasteiger partial charge in [-0.15, -0.1) is 0 Å². The quantitative estimate of drug-likeness (QED) is 0.352. The molecule has 1 heterocycles. The van der Waals surface area contributed by atoms with Crippen molar-refractivity contribution in [3.8, 4) is 0 Å². The van der Waals surface area contributed by atoms with E-state index in [4.69, 9.17) is 14.2 Å². The molecule has 0 aromatic rings. The molecule has 2 fully saturated rings. The Morgan fingerprint density at radius 2 is 1.82 bits per heavy atom. The van der Waals surface area contributed by atoms with Crippen LogP contribution < -0.4 is 0 Å². The molecule has 9 nitrogen and oxygen atoms in total. The van der Waals surface area contributed by atoms with Gasteiger partial charge in [0.25, 0.3) is 0 Å². The zero-order chi connectivity index (χ0) is 25.3. The summed E-state index contributed by atoms with van der Waals surface area (Å²) in [7, 11) is 0. The van der Waals surface area contributed by atoms with Crippen molar-refractivity contribution in [1.29, 1.82) is 0 Å². The highest BCUT2D eigenvalue weighted by atomic mass is 16.6. The van der Waals surface area contributed by atoms with Crippen molar-refractivity contribution in [2.24, 2.45) is 17.8 Å². The first-order chi connectivity index (χ1) is 15.1. The lowest BCUT2D eigenvalue weighted by atomic mass is 9.70. The van der Waals surface area contributed by atoms with Crippen LogP contribution in [0.4, 0.5) is 0 Å². The van der Waals surface area contributed by atoms with Crippen molar-refractivity contribution in [1.82, 2.24) is 0 Å². The highest BCUT2D eigenvalue weighted by molar-refractivity contribution is 5.97. The molecule has 1 aliphatic heterocycles. The molecule has 0 aromatic heterocycles. The molecule has 9 heteroatoms. The summed E-state index contributed by atoms with van der Waals surface area (Å²) >= 11 is 0. The maximum absolute atomic E-state index is 12.9. The molecule has 0 bridgehead atoms. The lowest BCUT2D eigenvalue weighted by molar-refractivity contribution is -0.224. The molecule has 2 aliphatic rings. The minimum atomic E-state index is -2.10. The topological polar surface area (TPSA) is 136 Å². The molecule has 186 valence electrons. The van der Waals surface area contributed by atoms with Gasteiger partial charge in [-0.05, 0) is 25.2 Å². The van der Waals surface area contributed by atoms with Crippen LogP contribution in [0.3, 0.4) is 0 Å². The maximum Gasteiger partial charge on any atom is 0.338 e. The van der Waals surface area contributed by atoms with Crippen molar-refractivity contribution < 1.29 is 43.6 Å². The first-order valence-corrected chi connectivity index (χ1v) is 11.4. The van der Waals surface area contributed by atoms with E-state index in [1.165, 1.54) is 6.92 Å². The third-order valence-electron chi connectivity index (χ3n) is 6.46. The van der Waals surface area contributed by atoms with Gasteiger partial charge >= 0.3 is 17.9 Å². The molecule has 2 N–H and O–H groups in total. The van der Waals surface area contributed by atoms with Gasteiger partial charge in [-0.3, -0.25) is 14.4 Å². The number of hydrogen-bond donors (Lipinski definition) is 2. The molecular weight excluding hydrogens is 432 g/mol.